The molecule has 1 aromatic heterocycles. The van der Waals surface area contributed by atoms with E-state index in [1.807, 2.05) is 37.3 Å². The van der Waals surface area contributed by atoms with Crippen molar-refractivity contribution in [3.63, 3.8) is 0 Å². The summed E-state index contributed by atoms with van der Waals surface area (Å²) in [5.41, 5.74) is 1.89. The van der Waals surface area contributed by atoms with E-state index >= 15 is 0 Å². The predicted octanol–water partition coefficient (Wildman–Crippen LogP) is 3.30. The Kier molecular flexibility index (Phi) is 3.49. The highest BCUT2D eigenvalue weighted by Gasteiger charge is 2.14. The summed E-state index contributed by atoms with van der Waals surface area (Å²) in [6.45, 7) is 2.81. The topological polar surface area (TPSA) is 70.1 Å². The highest BCUT2D eigenvalue weighted by Crippen LogP contribution is 2.34. The molecule has 2 N–H and O–H groups in total. The van der Waals surface area contributed by atoms with Gasteiger partial charge in [0.25, 0.3) is 0 Å². The molecule has 5 heteroatoms. The number of benzene rings is 1. The first-order valence-corrected chi connectivity index (χ1v) is 5.57. The quantitative estimate of drug-likeness (QED) is 0.774. The first-order chi connectivity index (χ1) is 8.36. The zero-order valence-electron chi connectivity index (χ0n) is 9.60. The minimum absolute atomic E-state index is 0.338. The molecular weight excluding hydrogens is 216 g/mol. The van der Waals surface area contributed by atoms with Gasteiger partial charge in [-0.05, 0) is 11.6 Å². The van der Waals surface area contributed by atoms with Crippen LogP contribution in [0.15, 0.2) is 35.5 Å². The molecule has 0 fully saturated rings. The molecule has 17 heavy (non-hydrogen) atoms. The van der Waals surface area contributed by atoms with Gasteiger partial charge in [-0.3, -0.25) is 5.10 Å². The van der Waals surface area contributed by atoms with Crippen LogP contribution in [0, 0.1) is 4.91 Å². The van der Waals surface area contributed by atoms with Crippen molar-refractivity contribution in [2.45, 2.75) is 13.3 Å². The van der Waals surface area contributed by atoms with Crippen molar-refractivity contribution in [3.8, 4) is 11.3 Å². The summed E-state index contributed by atoms with van der Waals surface area (Å²) >= 11 is 0. The average molecular weight is 230 g/mol. The molecule has 5 nitrogen and oxygen atoms in total. The molecule has 0 atom stereocenters. The van der Waals surface area contributed by atoms with Crippen LogP contribution in [0.4, 0.5) is 11.5 Å². The van der Waals surface area contributed by atoms with E-state index in [0.29, 0.717) is 17.2 Å². The highest BCUT2D eigenvalue weighted by atomic mass is 16.3. The Morgan fingerprint density at radius 3 is 2.76 bits per heavy atom. The number of H-pyrrole nitrogens is 1. The van der Waals surface area contributed by atoms with Gasteiger partial charge in [0, 0.05) is 12.1 Å². The molecule has 0 aliphatic heterocycles. The van der Waals surface area contributed by atoms with Crippen molar-refractivity contribution in [3.05, 3.63) is 35.2 Å². The van der Waals surface area contributed by atoms with Gasteiger partial charge in [-0.15, -0.1) is 4.91 Å². The summed E-state index contributed by atoms with van der Waals surface area (Å²) in [6, 6.07) is 9.55. The number of nitroso groups, excluding NO2 is 1. The van der Waals surface area contributed by atoms with Crippen LogP contribution >= 0.6 is 0 Å². The molecule has 0 amide bonds. The Balaban J connectivity index is 2.36. The fourth-order valence-electron chi connectivity index (χ4n) is 1.60. The monoisotopic (exact) mass is 230 g/mol. The maximum Gasteiger partial charge on any atom is 0.178 e. The lowest BCUT2D eigenvalue weighted by Crippen LogP contribution is -1.99. The van der Waals surface area contributed by atoms with Crippen molar-refractivity contribution >= 4 is 11.5 Å². The predicted molar refractivity (Wildman–Crippen MR) is 68.3 cm³/mol. The smallest absolute Gasteiger partial charge is 0.178 e. The van der Waals surface area contributed by atoms with Crippen LogP contribution in [0.25, 0.3) is 11.3 Å². The second-order valence-electron chi connectivity index (χ2n) is 3.68. The van der Waals surface area contributed by atoms with Crippen LogP contribution in [0.3, 0.4) is 0 Å². The molecule has 1 aromatic carbocycles. The van der Waals surface area contributed by atoms with Crippen LogP contribution in [-0.4, -0.2) is 16.7 Å². The molecular formula is C12H14N4O. The Bertz CT molecular complexity index is 492. The lowest BCUT2D eigenvalue weighted by Gasteiger charge is -2.00. The molecule has 2 rings (SSSR count). The summed E-state index contributed by atoms with van der Waals surface area (Å²) in [6.07, 6.45) is 0.964. The number of hydrogen-bond donors (Lipinski definition) is 2. The van der Waals surface area contributed by atoms with Gasteiger partial charge in [-0.1, -0.05) is 37.3 Å². The maximum atomic E-state index is 10.9. The lowest BCUT2D eigenvalue weighted by molar-refractivity contribution is 0.961. The number of aromatic amines is 1. The van der Waals surface area contributed by atoms with Gasteiger partial charge in [0.15, 0.2) is 11.5 Å². The number of aromatic nitrogens is 2. The maximum absolute atomic E-state index is 10.9. The first-order valence-electron chi connectivity index (χ1n) is 5.57. The van der Waals surface area contributed by atoms with Gasteiger partial charge in [0.1, 0.15) is 0 Å². The summed E-state index contributed by atoms with van der Waals surface area (Å²) in [4.78, 5) is 10.9. The van der Waals surface area contributed by atoms with Gasteiger partial charge < -0.3 is 5.32 Å². The van der Waals surface area contributed by atoms with Gasteiger partial charge in [-0.2, -0.15) is 5.10 Å². The van der Waals surface area contributed by atoms with Crippen molar-refractivity contribution in [1.29, 1.82) is 0 Å². The van der Waals surface area contributed by atoms with Crippen molar-refractivity contribution < 1.29 is 0 Å². The third-order valence-corrected chi connectivity index (χ3v) is 2.44. The van der Waals surface area contributed by atoms with E-state index in [4.69, 9.17) is 0 Å². The van der Waals surface area contributed by atoms with Crippen molar-refractivity contribution in [2.75, 3.05) is 11.9 Å². The average Bonchev–Trinajstić information content (AvgIpc) is 2.80. The molecule has 88 valence electrons. The number of nitrogens with zero attached hydrogens (tertiary/aromatic N) is 2. The van der Waals surface area contributed by atoms with Gasteiger partial charge in [-0.25, -0.2) is 0 Å². The third-order valence-electron chi connectivity index (χ3n) is 2.44. The largest absolute Gasteiger partial charge is 0.367 e. The highest BCUT2D eigenvalue weighted by molar-refractivity contribution is 5.80. The molecule has 0 spiro atoms. The lowest BCUT2D eigenvalue weighted by atomic mass is 10.1. The molecule has 1 heterocycles. The van der Waals surface area contributed by atoms with E-state index in [1.165, 1.54) is 0 Å². The van der Waals surface area contributed by atoms with E-state index < -0.39 is 0 Å². The van der Waals surface area contributed by atoms with E-state index in [0.717, 1.165) is 18.5 Å². The van der Waals surface area contributed by atoms with Crippen molar-refractivity contribution in [2.24, 2.45) is 5.18 Å². The van der Waals surface area contributed by atoms with Gasteiger partial charge in [0.2, 0.25) is 0 Å². The summed E-state index contributed by atoms with van der Waals surface area (Å²) in [5, 5.41) is 13.0. The molecule has 2 aromatic rings. The minimum atomic E-state index is 0.338. The van der Waals surface area contributed by atoms with Crippen LogP contribution in [-0.2, 0) is 0 Å². The van der Waals surface area contributed by atoms with E-state index in [2.05, 4.69) is 20.7 Å². The van der Waals surface area contributed by atoms with E-state index in [-0.39, 0.29) is 0 Å². The second-order valence-corrected chi connectivity index (χ2v) is 3.68. The fraction of sp³-hybridized carbons (Fsp3) is 0.250. The first kappa shape index (κ1) is 11.3. The molecule has 0 saturated carbocycles. The summed E-state index contributed by atoms with van der Waals surface area (Å²) in [7, 11) is 0. The van der Waals surface area contributed by atoms with Gasteiger partial charge >= 0.3 is 0 Å². The molecule has 0 saturated heterocycles. The third kappa shape index (κ3) is 2.33. The van der Waals surface area contributed by atoms with Crippen LogP contribution in [0.1, 0.15) is 13.3 Å². The number of rotatable bonds is 5. The summed E-state index contributed by atoms with van der Waals surface area (Å²) < 4.78 is 0. The Hall–Kier alpha value is -2.17. The Morgan fingerprint density at radius 2 is 2.12 bits per heavy atom. The van der Waals surface area contributed by atoms with Crippen LogP contribution < -0.4 is 5.32 Å². The van der Waals surface area contributed by atoms with E-state index in [1.54, 1.807) is 0 Å². The number of hydrogen-bond acceptors (Lipinski definition) is 4. The molecule has 0 aliphatic carbocycles. The Morgan fingerprint density at radius 1 is 1.35 bits per heavy atom. The zero-order chi connectivity index (χ0) is 12.1. The molecule has 0 bridgehead atoms. The second kappa shape index (κ2) is 5.25. The summed E-state index contributed by atoms with van der Waals surface area (Å²) in [5.74, 6) is 0.515. The van der Waals surface area contributed by atoms with Crippen LogP contribution in [0.2, 0.25) is 0 Å². The number of nitrogens with one attached hydrogen (secondary N) is 2. The van der Waals surface area contributed by atoms with Gasteiger partial charge in [0.05, 0.1) is 5.69 Å². The standard InChI is InChI=1S/C12H14N4O/c1-2-8-13-12-11(16-17)10(14-15-12)9-6-4-3-5-7-9/h3-7H,2,8H2,1H3,(H2,13,14,15). The number of anilines is 1. The Labute approximate surface area is 99.2 Å². The minimum Gasteiger partial charge on any atom is -0.367 e. The SMILES string of the molecule is CCCNc1n[nH]c(-c2ccccc2)c1N=O. The molecule has 0 aliphatic rings. The van der Waals surface area contributed by atoms with Crippen molar-refractivity contribution in [1.82, 2.24) is 10.2 Å². The van der Waals surface area contributed by atoms with E-state index in [9.17, 15) is 4.91 Å². The molecule has 0 unspecified atom stereocenters. The van der Waals surface area contributed by atoms with Crippen LogP contribution in [0.5, 0.6) is 0 Å². The zero-order valence-corrected chi connectivity index (χ0v) is 9.60. The fourth-order valence-corrected chi connectivity index (χ4v) is 1.60. The normalized spacial score (nSPS) is 10.2. The molecule has 0 radical (unpaired) electrons.